The minimum absolute atomic E-state index is 0.0125. The van der Waals surface area contributed by atoms with Gasteiger partial charge in [0, 0.05) is 11.3 Å². The molecule has 21 heavy (non-hydrogen) atoms. The third-order valence-electron chi connectivity index (χ3n) is 3.34. The number of ketones is 1. The summed E-state index contributed by atoms with van der Waals surface area (Å²) in [6.45, 7) is 1.83. The number of phenolic OH excluding ortho intramolecular Hbond substituents is 1. The largest absolute Gasteiger partial charge is 0.508 e. The predicted molar refractivity (Wildman–Crippen MR) is 76.7 cm³/mol. The first-order valence-corrected chi connectivity index (χ1v) is 6.56. The molecule has 0 aliphatic carbocycles. The molecular formula is C16H14O5. The average molecular weight is 286 g/mol. The number of carbonyl (C=O) groups is 1. The predicted octanol–water partition coefficient (Wildman–Crippen LogP) is 3.35. The molecule has 2 heterocycles. The molecule has 1 aromatic carbocycles. The van der Waals surface area contributed by atoms with Gasteiger partial charge in [-0.1, -0.05) is 13.0 Å². The topological polar surface area (TPSA) is 79.9 Å². The van der Waals surface area contributed by atoms with Gasteiger partial charge in [-0.3, -0.25) is 4.79 Å². The first kappa shape index (κ1) is 13.3. The van der Waals surface area contributed by atoms with Crippen molar-refractivity contribution in [2.45, 2.75) is 6.92 Å². The molecular weight excluding hydrogens is 272 g/mol. The molecule has 2 aromatic rings. The number of phenols is 1. The molecule has 1 atom stereocenters. The van der Waals surface area contributed by atoms with Crippen LogP contribution in [-0.4, -0.2) is 22.6 Å². The van der Waals surface area contributed by atoms with Crippen molar-refractivity contribution < 1.29 is 24.2 Å². The smallest absolute Gasteiger partial charge is 0.297 e. The number of para-hydroxylation sites is 1. The van der Waals surface area contributed by atoms with Gasteiger partial charge in [0.25, 0.3) is 5.95 Å². The molecule has 3 rings (SSSR count). The minimum atomic E-state index is -0.543. The van der Waals surface area contributed by atoms with Crippen molar-refractivity contribution in [3.63, 3.8) is 0 Å². The number of carbonyl (C=O) groups excluding carboxylic acids is 1. The van der Waals surface area contributed by atoms with Gasteiger partial charge in [-0.15, -0.1) is 0 Å². The van der Waals surface area contributed by atoms with Gasteiger partial charge in [-0.05, 0) is 30.4 Å². The van der Waals surface area contributed by atoms with E-state index in [-0.39, 0.29) is 41.0 Å². The number of Topliss-reactive ketones (excluding diaryl/α,β-unsaturated/α-hetero) is 1. The molecule has 0 bridgehead atoms. The second kappa shape index (κ2) is 5.01. The van der Waals surface area contributed by atoms with Crippen LogP contribution in [-0.2, 0) is 0 Å². The van der Waals surface area contributed by atoms with E-state index in [1.807, 2.05) is 0 Å². The molecule has 0 saturated heterocycles. The Morgan fingerprint density at radius 2 is 2.10 bits per heavy atom. The molecule has 5 nitrogen and oxygen atoms in total. The zero-order valence-corrected chi connectivity index (χ0v) is 11.4. The molecule has 0 fully saturated rings. The summed E-state index contributed by atoms with van der Waals surface area (Å²) in [6, 6.07) is 4.81. The zero-order valence-electron chi connectivity index (χ0n) is 11.4. The van der Waals surface area contributed by atoms with Crippen molar-refractivity contribution >= 4 is 16.8 Å². The molecule has 1 unspecified atom stereocenters. The molecule has 108 valence electrons. The van der Waals surface area contributed by atoms with E-state index < -0.39 is 5.92 Å². The van der Waals surface area contributed by atoms with E-state index in [4.69, 9.17) is 9.15 Å². The quantitative estimate of drug-likeness (QED) is 0.776. The molecule has 0 radical (unpaired) electrons. The summed E-state index contributed by atoms with van der Waals surface area (Å²) in [5.41, 5.74) is 0.507. The standard InChI is InChI=1S/C16H14O5/c1-9-8-10(17)4-3-7-20-16-13(14(9)19)11-5-2-6-12(18)15(11)21-16/h2-6,8-9,17-18H,7H2,1H3/b4-3-,10-8+. The first-order valence-electron chi connectivity index (χ1n) is 6.56. The van der Waals surface area contributed by atoms with Gasteiger partial charge in [0.2, 0.25) is 0 Å². The van der Waals surface area contributed by atoms with Crippen LogP contribution in [0.2, 0.25) is 0 Å². The van der Waals surface area contributed by atoms with E-state index in [1.165, 1.54) is 18.2 Å². The lowest BCUT2D eigenvalue weighted by Crippen LogP contribution is -2.11. The summed E-state index contributed by atoms with van der Waals surface area (Å²) >= 11 is 0. The van der Waals surface area contributed by atoms with E-state index in [1.54, 1.807) is 25.1 Å². The van der Waals surface area contributed by atoms with Gasteiger partial charge in [0.15, 0.2) is 17.1 Å². The number of benzene rings is 1. The van der Waals surface area contributed by atoms with Gasteiger partial charge in [-0.25, -0.2) is 0 Å². The number of allylic oxidation sites excluding steroid dienone is 2. The van der Waals surface area contributed by atoms with Gasteiger partial charge in [0.05, 0.1) is 0 Å². The molecule has 1 aliphatic rings. The summed E-state index contributed by atoms with van der Waals surface area (Å²) < 4.78 is 10.9. The Hall–Kier alpha value is -2.69. The van der Waals surface area contributed by atoms with Crippen molar-refractivity contribution in [1.82, 2.24) is 0 Å². The summed E-state index contributed by atoms with van der Waals surface area (Å²) in [4.78, 5) is 12.6. The maximum atomic E-state index is 12.6. The molecule has 2 N–H and O–H groups in total. The monoisotopic (exact) mass is 286 g/mol. The third-order valence-corrected chi connectivity index (χ3v) is 3.34. The number of ether oxygens (including phenoxy) is 1. The first-order chi connectivity index (χ1) is 10.1. The molecule has 0 amide bonds. The molecule has 1 aromatic heterocycles. The lowest BCUT2D eigenvalue weighted by atomic mass is 9.97. The highest BCUT2D eigenvalue weighted by Gasteiger charge is 2.27. The number of aromatic hydroxyl groups is 1. The van der Waals surface area contributed by atoms with E-state index in [0.29, 0.717) is 5.39 Å². The lowest BCUT2D eigenvalue weighted by Gasteiger charge is -2.09. The molecule has 0 saturated carbocycles. The van der Waals surface area contributed by atoms with Crippen molar-refractivity contribution in [2.75, 3.05) is 6.61 Å². The van der Waals surface area contributed by atoms with E-state index in [2.05, 4.69) is 0 Å². The van der Waals surface area contributed by atoms with Crippen LogP contribution in [0.1, 0.15) is 17.3 Å². The summed E-state index contributed by atoms with van der Waals surface area (Å²) in [7, 11) is 0. The minimum Gasteiger partial charge on any atom is -0.508 e. The SMILES string of the molecule is CC1/C=C(O)\C=C/COc2oc3c(O)cccc3c2C1=O. The van der Waals surface area contributed by atoms with Crippen LogP contribution in [0.15, 0.2) is 46.6 Å². The summed E-state index contributed by atoms with van der Waals surface area (Å²) in [6.07, 6.45) is 4.55. The third kappa shape index (κ3) is 2.27. The van der Waals surface area contributed by atoms with E-state index in [9.17, 15) is 15.0 Å². The van der Waals surface area contributed by atoms with Gasteiger partial charge in [0.1, 0.15) is 17.9 Å². The van der Waals surface area contributed by atoms with Crippen molar-refractivity contribution in [2.24, 2.45) is 5.92 Å². The van der Waals surface area contributed by atoms with Gasteiger partial charge in [-0.2, -0.15) is 0 Å². The van der Waals surface area contributed by atoms with Crippen LogP contribution in [0.25, 0.3) is 11.0 Å². The molecule has 5 heteroatoms. The van der Waals surface area contributed by atoms with Crippen LogP contribution >= 0.6 is 0 Å². The number of fused-ring (bicyclic) bond motifs is 3. The summed E-state index contributed by atoms with van der Waals surface area (Å²) in [5, 5.41) is 20.0. The Balaban J connectivity index is 2.23. The van der Waals surface area contributed by atoms with Crippen LogP contribution in [0.5, 0.6) is 11.7 Å². The highest BCUT2D eigenvalue weighted by atomic mass is 16.6. The number of hydrogen-bond donors (Lipinski definition) is 2. The van der Waals surface area contributed by atoms with E-state index in [0.717, 1.165) is 0 Å². The lowest BCUT2D eigenvalue weighted by molar-refractivity contribution is 0.0946. The number of aliphatic hydroxyl groups is 1. The zero-order chi connectivity index (χ0) is 15.0. The Bertz CT molecular complexity index is 766. The summed E-state index contributed by atoms with van der Waals surface area (Å²) in [5.74, 6) is -0.733. The molecule has 1 aliphatic heterocycles. The average Bonchev–Trinajstić information content (AvgIpc) is 2.82. The maximum Gasteiger partial charge on any atom is 0.297 e. The number of hydrogen-bond acceptors (Lipinski definition) is 5. The second-order valence-electron chi connectivity index (χ2n) is 4.88. The fraction of sp³-hybridized carbons (Fsp3) is 0.188. The van der Waals surface area contributed by atoms with Crippen LogP contribution in [0.3, 0.4) is 0 Å². The number of rotatable bonds is 0. The van der Waals surface area contributed by atoms with Crippen LogP contribution < -0.4 is 4.74 Å². The van der Waals surface area contributed by atoms with Crippen molar-refractivity contribution in [1.29, 1.82) is 0 Å². The van der Waals surface area contributed by atoms with Crippen LogP contribution in [0.4, 0.5) is 0 Å². The van der Waals surface area contributed by atoms with E-state index >= 15 is 0 Å². The molecule has 0 spiro atoms. The fourth-order valence-electron chi connectivity index (χ4n) is 2.33. The highest BCUT2D eigenvalue weighted by Crippen LogP contribution is 2.38. The maximum absolute atomic E-state index is 12.6. The Labute approximate surface area is 120 Å². The fourth-order valence-corrected chi connectivity index (χ4v) is 2.33. The number of aliphatic hydroxyl groups excluding tert-OH is 1. The highest BCUT2D eigenvalue weighted by molar-refractivity contribution is 6.11. The van der Waals surface area contributed by atoms with Gasteiger partial charge >= 0.3 is 0 Å². The Morgan fingerprint density at radius 1 is 1.29 bits per heavy atom. The Morgan fingerprint density at radius 3 is 2.90 bits per heavy atom. The van der Waals surface area contributed by atoms with Crippen LogP contribution in [0, 0.1) is 5.92 Å². The van der Waals surface area contributed by atoms with Crippen molar-refractivity contribution in [3.05, 3.63) is 47.7 Å². The second-order valence-corrected chi connectivity index (χ2v) is 4.88. The van der Waals surface area contributed by atoms with Crippen molar-refractivity contribution in [3.8, 4) is 11.7 Å². The van der Waals surface area contributed by atoms with Gasteiger partial charge < -0.3 is 19.4 Å². The number of furan rings is 1. The Kier molecular flexibility index (Phi) is 3.17. The normalized spacial score (nSPS) is 23.0.